The summed E-state index contributed by atoms with van der Waals surface area (Å²) in [6.45, 7) is 0. The summed E-state index contributed by atoms with van der Waals surface area (Å²) in [5, 5.41) is 0. The highest BCUT2D eigenvalue weighted by molar-refractivity contribution is 14.1. The van der Waals surface area contributed by atoms with Gasteiger partial charge in [0.2, 0.25) is 0 Å². The molecule has 0 aliphatic carbocycles. The maximum atomic E-state index is 5.23. The van der Waals surface area contributed by atoms with Gasteiger partial charge in [0.05, 0.1) is 5.69 Å². The Morgan fingerprint density at radius 3 is 2.55 bits per heavy atom. The fourth-order valence-corrected chi connectivity index (χ4v) is 2.07. The van der Waals surface area contributed by atoms with Gasteiger partial charge in [-0.15, -0.1) is 12.4 Å². The van der Waals surface area contributed by atoms with E-state index in [1.807, 2.05) is 18.2 Å². The maximum absolute atomic E-state index is 5.23. The zero-order valence-electron chi connectivity index (χ0n) is 5.47. The summed E-state index contributed by atoms with van der Waals surface area (Å²) in [6, 6.07) is 5.86. The number of nitrogen functional groups attached to an aromatic ring is 1. The third-order valence-electron chi connectivity index (χ3n) is 1.09. The van der Waals surface area contributed by atoms with E-state index in [4.69, 9.17) is 5.84 Å². The molecule has 0 amide bonds. The molecule has 62 valence electrons. The molecule has 0 unspecified atom stereocenters. The topological polar surface area (TPSA) is 38.0 Å². The molecule has 0 atom stereocenters. The minimum absolute atomic E-state index is 0. The van der Waals surface area contributed by atoms with E-state index in [2.05, 4.69) is 43.9 Å². The lowest BCUT2D eigenvalue weighted by molar-refractivity contribution is 1.34. The van der Waals surface area contributed by atoms with E-state index in [0.29, 0.717) is 0 Å². The van der Waals surface area contributed by atoms with Crippen LogP contribution in [0.1, 0.15) is 0 Å². The molecule has 0 radical (unpaired) electrons. The second kappa shape index (κ2) is 5.18. The van der Waals surface area contributed by atoms with E-state index < -0.39 is 0 Å². The van der Waals surface area contributed by atoms with Crippen LogP contribution in [0.25, 0.3) is 0 Å². The van der Waals surface area contributed by atoms with Gasteiger partial charge in [0, 0.05) is 8.04 Å². The van der Waals surface area contributed by atoms with Crippen LogP contribution in [-0.4, -0.2) is 0 Å². The number of benzene rings is 1. The van der Waals surface area contributed by atoms with E-state index in [1.165, 1.54) is 0 Å². The Kier molecular flexibility index (Phi) is 5.41. The number of nitrogens with two attached hydrogens (primary N) is 1. The van der Waals surface area contributed by atoms with Gasteiger partial charge < -0.3 is 5.43 Å². The molecule has 11 heavy (non-hydrogen) atoms. The molecule has 0 spiro atoms. The predicted molar refractivity (Wildman–Crippen MR) is 61.9 cm³/mol. The van der Waals surface area contributed by atoms with Crippen LogP contribution < -0.4 is 11.3 Å². The summed E-state index contributed by atoms with van der Waals surface area (Å²) in [4.78, 5) is 0. The first-order chi connectivity index (χ1) is 4.74. The average Bonchev–Trinajstić information content (AvgIpc) is 1.88. The van der Waals surface area contributed by atoms with Gasteiger partial charge in [-0.05, 0) is 40.8 Å². The normalized spacial score (nSPS) is 8.64. The van der Waals surface area contributed by atoms with Crippen molar-refractivity contribution >= 4 is 56.6 Å². The van der Waals surface area contributed by atoms with Crippen LogP contribution in [0.2, 0.25) is 0 Å². The molecular formula is C6H7BrClIN2. The van der Waals surface area contributed by atoms with Crippen LogP contribution in [0.15, 0.2) is 22.7 Å². The number of hydrazine groups is 1. The van der Waals surface area contributed by atoms with Gasteiger partial charge in [-0.3, -0.25) is 5.84 Å². The van der Waals surface area contributed by atoms with E-state index in [-0.39, 0.29) is 12.4 Å². The number of rotatable bonds is 1. The van der Waals surface area contributed by atoms with Crippen molar-refractivity contribution in [2.45, 2.75) is 0 Å². The molecule has 1 aromatic rings. The van der Waals surface area contributed by atoms with Crippen molar-refractivity contribution < 1.29 is 0 Å². The molecule has 1 aromatic carbocycles. The molecule has 5 heteroatoms. The Morgan fingerprint density at radius 1 is 1.45 bits per heavy atom. The largest absolute Gasteiger partial charge is 0.323 e. The highest BCUT2D eigenvalue weighted by Crippen LogP contribution is 2.21. The van der Waals surface area contributed by atoms with E-state index in [1.54, 1.807) is 0 Å². The van der Waals surface area contributed by atoms with E-state index >= 15 is 0 Å². The third-order valence-corrected chi connectivity index (χ3v) is 2.47. The summed E-state index contributed by atoms with van der Waals surface area (Å²) >= 11 is 5.57. The zero-order chi connectivity index (χ0) is 7.56. The monoisotopic (exact) mass is 348 g/mol. The summed E-state index contributed by atoms with van der Waals surface area (Å²) < 4.78 is 2.17. The Balaban J connectivity index is 0.000001000. The molecule has 0 fully saturated rings. The lowest BCUT2D eigenvalue weighted by Crippen LogP contribution is -2.07. The Labute approximate surface area is 93.6 Å². The molecular weight excluding hydrogens is 342 g/mol. The van der Waals surface area contributed by atoms with Crippen molar-refractivity contribution in [3.63, 3.8) is 0 Å². The molecule has 0 bridgehead atoms. The van der Waals surface area contributed by atoms with Crippen molar-refractivity contribution in [3.05, 3.63) is 26.2 Å². The number of halogens is 3. The van der Waals surface area contributed by atoms with E-state index in [9.17, 15) is 0 Å². The number of hydrogen-bond acceptors (Lipinski definition) is 2. The van der Waals surface area contributed by atoms with Crippen LogP contribution in [0, 0.1) is 3.57 Å². The minimum Gasteiger partial charge on any atom is -0.323 e. The molecule has 0 heterocycles. The Hall–Kier alpha value is 0.480. The van der Waals surface area contributed by atoms with Gasteiger partial charge in [0.25, 0.3) is 0 Å². The van der Waals surface area contributed by atoms with Crippen molar-refractivity contribution in [2.75, 3.05) is 5.43 Å². The quantitative estimate of drug-likeness (QED) is 0.465. The highest BCUT2D eigenvalue weighted by Gasteiger charge is 1.95. The molecule has 0 aromatic heterocycles. The first-order valence-electron chi connectivity index (χ1n) is 2.65. The van der Waals surface area contributed by atoms with E-state index in [0.717, 1.165) is 13.7 Å². The molecule has 2 nitrogen and oxygen atoms in total. The fourth-order valence-electron chi connectivity index (χ4n) is 0.607. The molecule has 1 rings (SSSR count). The minimum atomic E-state index is 0. The van der Waals surface area contributed by atoms with Gasteiger partial charge in [-0.25, -0.2) is 0 Å². The SMILES string of the molecule is Cl.NNc1ccc(Br)cc1I. The van der Waals surface area contributed by atoms with Gasteiger partial charge in [0.1, 0.15) is 0 Å². The summed E-state index contributed by atoms with van der Waals surface area (Å²) in [5.41, 5.74) is 3.54. The van der Waals surface area contributed by atoms with Crippen LogP contribution in [0.4, 0.5) is 5.69 Å². The molecule has 0 saturated heterocycles. The van der Waals surface area contributed by atoms with Crippen LogP contribution >= 0.6 is 50.9 Å². The molecule has 0 aliphatic heterocycles. The van der Waals surface area contributed by atoms with Gasteiger partial charge in [0.15, 0.2) is 0 Å². The van der Waals surface area contributed by atoms with Crippen LogP contribution in [-0.2, 0) is 0 Å². The average molecular weight is 349 g/mol. The number of hydrogen-bond donors (Lipinski definition) is 2. The summed E-state index contributed by atoms with van der Waals surface area (Å²) in [5.74, 6) is 5.23. The summed E-state index contributed by atoms with van der Waals surface area (Å²) in [7, 11) is 0. The van der Waals surface area contributed by atoms with Gasteiger partial charge in [-0.1, -0.05) is 15.9 Å². The number of anilines is 1. The second-order valence-electron chi connectivity index (χ2n) is 1.77. The lowest BCUT2D eigenvalue weighted by Gasteiger charge is -2.01. The standard InChI is InChI=1S/C6H6BrIN2.ClH/c7-4-1-2-6(10-9)5(8)3-4;/h1-3,10H,9H2;1H. The fraction of sp³-hybridized carbons (Fsp3) is 0. The maximum Gasteiger partial charge on any atom is 0.0619 e. The van der Waals surface area contributed by atoms with Crippen LogP contribution in [0.5, 0.6) is 0 Å². The zero-order valence-corrected chi connectivity index (χ0v) is 10.0. The number of nitrogens with one attached hydrogen (secondary N) is 1. The summed E-state index contributed by atoms with van der Waals surface area (Å²) in [6.07, 6.45) is 0. The van der Waals surface area contributed by atoms with Crippen molar-refractivity contribution in [1.82, 2.24) is 0 Å². The molecule has 3 N–H and O–H groups in total. The molecule has 0 aliphatic rings. The lowest BCUT2D eigenvalue weighted by atomic mass is 10.3. The Bertz CT molecular complexity index is 244. The van der Waals surface area contributed by atoms with Crippen molar-refractivity contribution in [3.8, 4) is 0 Å². The van der Waals surface area contributed by atoms with Gasteiger partial charge in [-0.2, -0.15) is 0 Å². The first kappa shape index (κ1) is 11.5. The highest BCUT2D eigenvalue weighted by atomic mass is 127. The van der Waals surface area contributed by atoms with Gasteiger partial charge >= 0.3 is 0 Å². The molecule has 0 saturated carbocycles. The first-order valence-corrected chi connectivity index (χ1v) is 4.53. The smallest absolute Gasteiger partial charge is 0.0619 e. The third kappa shape index (κ3) is 3.14. The predicted octanol–water partition coefficient (Wildman–Crippen LogP) is 2.76. The Morgan fingerprint density at radius 2 is 2.09 bits per heavy atom. The second-order valence-corrected chi connectivity index (χ2v) is 3.85. The van der Waals surface area contributed by atoms with Crippen molar-refractivity contribution in [1.29, 1.82) is 0 Å². The van der Waals surface area contributed by atoms with Crippen LogP contribution in [0.3, 0.4) is 0 Å². The van der Waals surface area contributed by atoms with Crippen molar-refractivity contribution in [2.24, 2.45) is 5.84 Å².